The highest BCUT2D eigenvalue weighted by atomic mass is 16.1. The number of fused-ring (bicyclic) bond motifs is 1. The molecule has 0 aliphatic rings. The third-order valence-corrected chi connectivity index (χ3v) is 5.36. The van der Waals surface area contributed by atoms with E-state index in [1.807, 2.05) is 59.6 Å². The van der Waals surface area contributed by atoms with Gasteiger partial charge in [0.1, 0.15) is 0 Å². The first-order chi connectivity index (χ1) is 14.9. The van der Waals surface area contributed by atoms with Crippen molar-refractivity contribution in [3.8, 4) is 5.69 Å². The molecule has 0 bridgehead atoms. The number of hydrogen-bond acceptors (Lipinski definition) is 4. The number of carbonyl (C=O) groups is 1. The van der Waals surface area contributed by atoms with Gasteiger partial charge in [-0.25, -0.2) is 14.3 Å². The molecular weight excluding hydrogens is 388 g/mol. The number of pyridine rings is 1. The average molecular weight is 417 g/mol. The Labute approximate surface area is 182 Å². The van der Waals surface area contributed by atoms with E-state index in [0.29, 0.717) is 12.1 Å². The monoisotopic (exact) mass is 416 g/mol. The Kier molecular flexibility index (Phi) is 5.84. The molecule has 0 unspecified atom stereocenters. The molecule has 31 heavy (non-hydrogen) atoms. The molecule has 4 aromatic rings. The molecule has 3 heterocycles. The number of rotatable bonds is 7. The summed E-state index contributed by atoms with van der Waals surface area (Å²) in [5.74, 6) is -0.0875. The summed E-state index contributed by atoms with van der Waals surface area (Å²) in [7, 11) is 0. The van der Waals surface area contributed by atoms with Gasteiger partial charge in [-0.1, -0.05) is 18.2 Å². The largest absolute Gasteiger partial charge is 0.352 e. The van der Waals surface area contributed by atoms with Crippen molar-refractivity contribution in [3.05, 3.63) is 71.3 Å². The van der Waals surface area contributed by atoms with Gasteiger partial charge in [-0.05, 0) is 64.3 Å². The standard InChI is InChI=1S/C24H28N6O/c1-16(2)30-23-22(14-26-30)21(13-17(3)27-23)24(31)25-12-8-9-19-15-29(28-18(19)4)20-10-6-5-7-11-20/h5-7,10-11,13-16H,8-9,12H2,1-4H3,(H,25,31). The van der Waals surface area contributed by atoms with Crippen LogP contribution in [0.3, 0.4) is 0 Å². The molecule has 160 valence electrons. The van der Waals surface area contributed by atoms with E-state index in [1.54, 1.807) is 6.20 Å². The van der Waals surface area contributed by atoms with Crippen LogP contribution in [0.4, 0.5) is 0 Å². The topological polar surface area (TPSA) is 77.6 Å². The molecule has 0 spiro atoms. The molecule has 3 aromatic heterocycles. The molecule has 0 saturated heterocycles. The molecule has 1 N–H and O–H groups in total. The summed E-state index contributed by atoms with van der Waals surface area (Å²) in [6, 6.07) is 12.1. The Morgan fingerprint density at radius 1 is 1.16 bits per heavy atom. The quantitative estimate of drug-likeness (QED) is 0.459. The normalized spacial score (nSPS) is 11.4. The van der Waals surface area contributed by atoms with E-state index < -0.39 is 0 Å². The van der Waals surface area contributed by atoms with Crippen molar-refractivity contribution >= 4 is 16.9 Å². The predicted octanol–water partition coefficient (Wildman–Crippen LogP) is 4.18. The Hall–Kier alpha value is -3.48. The maximum Gasteiger partial charge on any atom is 0.252 e. The lowest BCUT2D eigenvalue weighted by molar-refractivity contribution is 0.0954. The van der Waals surface area contributed by atoms with E-state index in [-0.39, 0.29) is 11.9 Å². The molecule has 0 radical (unpaired) electrons. The summed E-state index contributed by atoms with van der Waals surface area (Å²) >= 11 is 0. The number of benzene rings is 1. The third-order valence-electron chi connectivity index (χ3n) is 5.36. The zero-order chi connectivity index (χ0) is 22.0. The van der Waals surface area contributed by atoms with Gasteiger partial charge in [0, 0.05) is 24.5 Å². The fourth-order valence-electron chi connectivity index (χ4n) is 3.74. The Morgan fingerprint density at radius 2 is 1.94 bits per heavy atom. The van der Waals surface area contributed by atoms with Gasteiger partial charge < -0.3 is 5.32 Å². The molecule has 0 aliphatic heterocycles. The summed E-state index contributed by atoms with van der Waals surface area (Å²) in [5.41, 5.74) is 5.45. The molecule has 7 heteroatoms. The van der Waals surface area contributed by atoms with E-state index in [2.05, 4.69) is 40.5 Å². The summed E-state index contributed by atoms with van der Waals surface area (Å²) < 4.78 is 3.76. The van der Waals surface area contributed by atoms with Crippen LogP contribution in [-0.4, -0.2) is 37.0 Å². The van der Waals surface area contributed by atoms with Crippen LogP contribution < -0.4 is 5.32 Å². The fourth-order valence-corrected chi connectivity index (χ4v) is 3.74. The number of nitrogens with one attached hydrogen (secondary N) is 1. The lowest BCUT2D eigenvalue weighted by Crippen LogP contribution is -2.25. The van der Waals surface area contributed by atoms with E-state index >= 15 is 0 Å². The number of carbonyl (C=O) groups excluding carboxylic acids is 1. The molecular formula is C24H28N6O. The van der Waals surface area contributed by atoms with Gasteiger partial charge in [-0.2, -0.15) is 10.2 Å². The summed E-state index contributed by atoms with van der Waals surface area (Å²) in [6.07, 6.45) is 5.50. The predicted molar refractivity (Wildman–Crippen MR) is 122 cm³/mol. The molecule has 1 amide bonds. The minimum atomic E-state index is -0.0875. The van der Waals surface area contributed by atoms with Gasteiger partial charge >= 0.3 is 0 Å². The van der Waals surface area contributed by atoms with Gasteiger partial charge in [-0.15, -0.1) is 0 Å². The summed E-state index contributed by atoms with van der Waals surface area (Å²) in [5, 5.41) is 12.9. The van der Waals surface area contributed by atoms with Crippen LogP contribution >= 0.6 is 0 Å². The smallest absolute Gasteiger partial charge is 0.252 e. The summed E-state index contributed by atoms with van der Waals surface area (Å²) in [4.78, 5) is 17.4. The number of amides is 1. The van der Waals surface area contributed by atoms with E-state index in [4.69, 9.17) is 0 Å². The van der Waals surface area contributed by atoms with Crippen molar-refractivity contribution < 1.29 is 4.79 Å². The van der Waals surface area contributed by atoms with Crippen molar-refractivity contribution in [2.75, 3.05) is 6.54 Å². The van der Waals surface area contributed by atoms with Crippen molar-refractivity contribution in [1.82, 2.24) is 29.9 Å². The molecule has 0 fully saturated rings. The summed E-state index contributed by atoms with van der Waals surface area (Å²) in [6.45, 7) is 8.63. The zero-order valence-corrected chi connectivity index (χ0v) is 18.5. The molecule has 0 atom stereocenters. The van der Waals surface area contributed by atoms with Gasteiger partial charge in [0.25, 0.3) is 5.91 Å². The number of aromatic nitrogens is 5. The number of aryl methyl sites for hydroxylation is 3. The molecule has 0 aliphatic carbocycles. The molecule has 7 nitrogen and oxygen atoms in total. The second-order valence-electron chi connectivity index (χ2n) is 8.11. The van der Waals surface area contributed by atoms with E-state index in [0.717, 1.165) is 41.0 Å². The SMILES string of the molecule is Cc1cc(C(=O)NCCCc2cn(-c3ccccc3)nc2C)c2cnn(C(C)C)c2n1. The van der Waals surface area contributed by atoms with Crippen LogP contribution in [0.5, 0.6) is 0 Å². The Morgan fingerprint density at radius 3 is 2.68 bits per heavy atom. The average Bonchev–Trinajstić information content (AvgIpc) is 3.34. The van der Waals surface area contributed by atoms with Crippen LogP contribution in [0, 0.1) is 13.8 Å². The van der Waals surface area contributed by atoms with Crippen LogP contribution in [-0.2, 0) is 6.42 Å². The number of nitrogens with zero attached hydrogens (tertiary/aromatic N) is 5. The van der Waals surface area contributed by atoms with Crippen LogP contribution in [0.25, 0.3) is 16.7 Å². The van der Waals surface area contributed by atoms with Gasteiger partial charge in [-0.3, -0.25) is 4.79 Å². The second-order valence-corrected chi connectivity index (χ2v) is 8.11. The zero-order valence-electron chi connectivity index (χ0n) is 18.5. The lowest BCUT2D eigenvalue weighted by atomic mass is 10.1. The first kappa shape index (κ1) is 20.8. The van der Waals surface area contributed by atoms with Crippen molar-refractivity contribution in [3.63, 3.8) is 0 Å². The van der Waals surface area contributed by atoms with Gasteiger partial charge in [0.15, 0.2) is 5.65 Å². The Bertz CT molecular complexity index is 1210. The van der Waals surface area contributed by atoms with Crippen LogP contribution in [0.2, 0.25) is 0 Å². The maximum absolute atomic E-state index is 12.9. The second kappa shape index (κ2) is 8.71. The number of hydrogen-bond donors (Lipinski definition) is 1. The van der Waals surface area contributed by atoms with E-state index in [9.17, 15) is 4.79 Å². The Balaban J connectivity index is 1.40. The highest BCUT2D eigenvalue weighted by Gasteiger charge is 2.16. The lowest BCUT2D eigenvalue weighted by Gasteiger charge is -2.09. The van der Waals surface area contributed by atoms with E-state index in [1.165, 1.54) is 5.56 Å². The maximum atomic E-state index is 12.9. The van der Waals surface area contributed by atoms with Crippen molar-refractivity contribution in [1.29, 1.82) is 0 Å². The van der Waals surface area contributed by atoms with Crippen LogP contribution in [0.15, 0.2) is 48.8 Å². The minimum Gasteiger partial charge on any atom is -0.352 e. The number of para-hydroxylation sites is 1. The van der Waals surface area contributed by atoms with Gasteiger partial charge in [0.2, 0.25) is 0 Å². The van der Waals surface area contributed by atoms with Crippen LogP contribution in [0.1, 0.15) is 53.6 Å². The third kappa shape index (κ3) is 4.35. The van der Waals surface area contributed by atoms with Crippen molar-refractivity contribution in [2.24, 2.45) is 0 Å². The highest BCUT2D eigenvalue weighted by molar-refractivity contribution is 6.05. The molecule has 4 rings (SSSR count). The fraction of sp³-hybridized carbons (Fsp3) is 0.333. The van der Waals surface area contributed by atoms with Crippen molar-refractivity contribution in [2.45, 2.75) is 46.6 Å². The van der Waals surface area contributed by atoms with Gasteiger partial charge in [0.05, 0.1) is 28.5 Å². The first-order valence-corrected chi connectivity index (χ1v) is 10.7. The highest BCUT2D eigenvalue weighted by Crippen LogP contribution is 2.21. The molecule has 0 saturated carbocycles. The first-order valence-electron chi connectivity index (χ1n) is 10.7. The minimum absolute atomic E-state index is 0.0875. The molecule has 1 aromatic carbocycles.